The third-order valence-electron chi connectivity index (χ3n) is 4.58. The van der Waals surface area contributed by atoms with Gasteiger partial charge in [0, 0.05) is 41.8 Å². The fourth-order valence-corrected chi connectivity index (χ4v) is 3.93. The van der Waals surface area contributed by atoms with E-state index in [1.807, 2.05) is 39.0 Å². The maximum atomic E-state index is 12.5. The quantitative estimate of drug-likeness (QED) is 0.631. The van der Waals surface area contributed by atoms with Crippen LogP contribution < -0.4 is 9.47 Å². The van der Waals surface area contributed by atoms with Gasteiger partial charge < -0.3 is 14.4 Å². The van der Waals surface area contributed by atoms with Crippen molar-refractivity contribution in [2.24, 2.45) is 0 Å². The van der Waals surface area contributed by atoms with Gasteiger partial charge in [-0.15, -0.1) is 11.3 Å². The maximum absolute atomic E-state index is 12.5. The molecular formula is C21H27NO4S. The van der Waals surface area contributed by atoms with Crippen LogP contribution in [-0.2, 0) is 11.3 Å². The standard InChI is InChI=1S/C21H27NO4S/c1-13-9-19(25-5)20(26-6)11-16(13)12-22(4)21(24)8-7-18(23)17-10-14(2)27-15(17)3/h9-11H,7-8,12H2,1-6H3. The molecule has 0 bridgehead atoms. The average Bonchev–Trinajstić information content (AvgIpc) is 2.98. The number of carbonyl (C=O) groups excluding carboxylic acids is 2. The molecule has 146 valence electrons. The van der Waals surface area contributed by atoms with E-state index < -0.39 is 0 Å². The van der Waals surface area contributed by atoms with Crippen molar-refractivity contribution in [2.45, 2.75) is 40.2 Å². The summed E-state index contributed by atoms with van der Waals surface area (Å²) in [7, 11) is 4.94. The van der Waals surface area contributed by atoms with Crippen molar-refractivity contribution in [2.75, 3.05) is 21.3 Å². The molecule has 6 heteroatoms. The molecule has 1 aromatic heterocycles. The van der Waals surface area contributed by atoms with E-state index in [0.29, 0.717) is 18.0 Å². The highest BCUT2D eigenvalue weighted by Gasteiger charge is 2.17. The van der Waals surface area contributed by atoms with E-state index in [4.69, 9.17) is 9.47 Å². The van der Waals surface area contributed by atoms with Gasteiger partial charge in [-0.05, 0) is 50.1 Å². The highest BCUT2D eigenvalue weighted by Crippen LogP contribution is 2.30. The summed E-state index contributed by atoms with van der Waals surface area (Å²) in [6, 6.07) is 5.70. The third-order valence-corrected chi connectivity index (χ3v) is 5.55. The molecule has 2 aromatic rings. The molecule has 0 aliphatic carbocycles. The molecule has 0 saturated heterocycles. The molecule has 0 spiro atoms. The van der Waals surface area contributed by atoms with Gasteiger partial charge >= 0.3 is 0 Å². The van der Waals surface area contributed by atoms with Gasteiger partial charge in [-0.1, -0.05) is 0 Å². The Kier molecular flexibility index (Phi) is 7.02. The zero-order valence-electron chi connectivity index (χ0n) is 16.8. The number of carbonyl (C=O) groups is 2. The van der Waals surface area contributed by atoms with Gasteiger partial charge in [0.05, 0.1) is 14.2 Å². The van der Waals surface area contributed by atoms with Crippen molar-refractivity contribution in [3.05, 3.63) is 44.6 Å². The molecule has 27 heavy (non-hydrogen) atoms. The van der Waals surface area contributed by atoms with Crippen molar-refractivity contribution < 1.29 is 19.1 Å². The number of benzene rings is 1. The molecule has 1 heterocycles. The van der Waals surface area contributed by atoms with E-state index >= 15 is 0 Å². The Morgan fingerprint density at radius 3 is 2.19 bits per heavy atom. The lowest BCUT2D eigenvalue weighted by Crippen LogP contribution is -2.27. The first kappa shape index (κ1) is 21.0. The number of rotatable bonds is 8. The van der Waals surface area contributed by atoms with Crippen LogP contribution in [0.4, 0.5) is 0 Å². The molecule has 5 nitrogen and oxygen atoms in total. The second-order valence-corrected chi connectivity index (χ2v) is 8.09. The molecule has 0 N–H and O–H groups in total. The van der Waals surface area contributed by atoms with Crippen LogP contribution in [0.2, 0.25) is 0 Å². The summed E-state index contributed by atoms with van der Waals surface area (Å²) in [5, 5.41) is 0. The molecule has 1 aromatic carbocycles. The number of hydrogen-bond donors (Lipinski definition) is 0. The number of aryl methyl sites for hydroxylation is 3. The van der Waals surface area contributed by atoms with E-state index in [-0.39, 0.29) is 24.5 Å². The van der Waals surface area contributed by atoms with Crippen molar-refractivity contribution in [3.8, 4) is 11.5 Å². The van der Waals surface area contributed by atoms with Crippen molar-refractivity contribution in [1.29, 1.82) is 0 Å². The molecule has 0 radical (unpaired) electrons. The fraction of sp³-hybridized carbons (Fsp3) is 0.429. The molecule has 1 amide bonds. The van der Waals surface area contributed by atoms with Crippen molar-refractivity contribution in [1.82, 2.24) is 4.90 Å². The van der Waals surface area contributed by atoms with E-state index in [9.17, 15) is 9.59 Å². The third kappa shape index (κ3) is 5.10. The Hall–Kier alpha value is -2.34. The Labute approximate surface area is 164 Å². The number of amides is 1. The van der Waals surface area contributed by atoms with Crippen LogP contribution >= 0.6 is 11.3 Å². The van der Waals surface area contributed by atoms with E-state index in [2.05, 4.69) is 0 Å². The van der Waals surface area contributed by atoms with E-state index in [1.165, 1.54) is 0 Å². The summed E-state index contributed by atoms with van der Waals surface area (Å²) in [5.74, 6) is 1.28. The Morgan fingerprint density at radius 2 is 1.63 bits per heavy atom. The second-order valence-electron chi connectivity index (χ2n) is 6.63. The zero-order chi connectivity index (χ0) is 20.1. The second kappa shape index (κ2) is 9.04. The molecule has 0 aliphatic heterocycles. The summed E-state index contributed by atoms with van der Waals surface area (Å²) < 4.78 is 10.6. The number of thiophene rings is 1. The smallest absolute Gasteiger partial charge is 0.223 e. The topological polar surface area (TPSA) is 55.8 Å². The lowest BCUT2D eigenvalue weighted by atomic mass is 10.1. The van der Waals surface area contributed by atoms with Crippen LogP contribution in [0.3, 0.4) is 0 Å². The number of ether oxygens (including phenoxy) is 2. The largest absolute Gasteiger partial charge is 0.493 e. The first-order valence-corrected chi connectivity index (χ1v) is 9.64. The SMILES string of the molecule is COc1cc(C)c(CN(C)C(=O)CCC(=O)c2cc(C)sc2C)cc1OC. The van der Waals surface area contributed by atoms with Gasteiger partial charge in [-0.3, -0.25) is 9.59 Å². The Morgan fingerprint density at radius 1 is 1.00 bits per heavy atom. The van der Waals surface area contributed by atoms with Crippen LogP contribution in [0.15, 0.2) is 18.2 Å². The monoisotopic (exact) mass is 389 g/mol. The molecule has 0 atom stereocenters. The first-order chi connectivity index (χ1) is 12.8. The minimum absolute atomic E-state index is 0.0286. The Bertz CT molecular complexity index is 841. The summed E-state index contributed by atoms with van der Waals surface area (Å²) in [5.41, 5.74) is 2.75. The zero-order valence-corrected chi connectivity index (χ0v) is 17.7. The predicted octanol–water partition coefficient (Wildman–Crippen LogP) is 4.31. The fourth-order valence-electron chi connectivity index (χ4n) is 2.99. The molecule has 0 aliphatic rings. The normalized spacial score (nSPS) is 10.6. The number of ketones is 1. The van der Waals surface area contributed by atoms with E-state index in [0.717, 1.165) is 26.4 Å². The lowest BCUT2D eigenvalue weighted by molar-refractivity contribution is -0.130. The minimum atomic E-state index is -0.0536. The summed E-state index contributed by atoms with van der Waals surface area (Å²) in [6.45, 7) is 6.36. The molecule has 2 rings (SSSR count). The maximum Gasteiger partial charge on any atom is 0.223 e. The van der Waals surface area contributed by atoms with Gasteiger partial charge in [0.15, 0.2) is 17.3 Å². The number of Topliss-reactive ketones (excluding diaryl/α,β-unsaturated/α-hetero) is 1. The van der Waals surface area contributed by atoms with E-state index in [1.54, 1.807) is 37.5 Å². The molecule has 0 unspecified atom stereocenters. The summed E-state index contributed by atoms with van der Waals surface area (Å²) in [6.07, 6.45) is 0.432. The minimum Gasteiger partial charge on any atom is -0.493 e. The van der Waals surface area contributed by atoms with Crippen LogP contribution in [-0.4, -0.2) is 37.9 Å². The van der Waals surface area contributed by atoms with Gasteiger partial charge in [-0.2, -0.15) is 0 Å². The average molecular weight is 390 g/mol. The van der Waals surface area contributed by atoms with Gasteiger partial charge in [0.1, 0.15) is 0 Å². The number of methoxy groups -OCH3 is 2. The van der Waals surface area contributed by atoms with Gasteiger partial charge in [-0.25, -0.2) is 0 Å². The van der Waals surface area contributed by atoms with Crippen LogP contribution in [0, 0.1) is 20.8 Å². The van der Waals surface area contributed by atoms with Gasteiger partial charge in [0.2, 0.25) is 5.91 Å². The molecule has 0 fully saturated rings. The highest BCUT2D eigenvalue weighted by molar-refractivity contribution is 7.12. The molecule has 0 saturated carbocycles. The van der Waals surface area contributed by atoms with Crippen molar-refractivity contribution in [3.63, 3.8) is 0 Å². The predicted molar refractivity (Wildman–Crippen MR) is 108 cm³/mol. The van der Waals surface area contributed by atoms with Crippen LogP contribution in [0.25, 0.3) is 0 Å². The van der Waals surface area contributed by atoms with Gasteiger partial charge in [0.25, 0.3) is 0 Å². The van der Waals surface area contributed by atoms with Crippen LogP contribution in [0.1, 0.15) is 44.1 Å². The first-order valence-electron chi connectivity index (χ1n) is 8.82. The number of hydrogen-bond acceptors (Lipinski definition) is 5. The highest BCUT2D eigenvalue weighted by atomic mass is 32.1. The summed E-state index contributed by atoms with van der Waals surface area (Å²) >= 11 is 1.61. The Balaban J connectivity index is 1.99. The summed E-state index contributed by atoms with van der Waals surface area (Å²) in [4.78, 5) is 28.6. The van der Waals surface area contributed by atoms with Crippen molar-refractivity contribution >= 4 is 23.0 Å². The number of nitrogens with zero attached hydrogens (tertiary/aromatic N) is 1. The molecular weight excluding hydrogens is 362 g/mol. The van der Waals surface area contributed by atoms with Crippen LogP contribution in [0.5, 0.6) is 11.5 Å². The lowest BCUT2D eigenvalue weighted by Gasteiger charge is -2.20.